The predicted molar refractivity (Wildman–Crippen MR) is 131 cm³/mol. The molecule has 1 rings (SSSR count). The molecule has 1 aliphatic carbocycles. The summed E-state index contributed by atoms with van der Waals surface area (Å²) in [6, 6.07) is 0. The van der Waals surface area contributed by atoms with Crippen molar-refractivity contribution in [3.05, 3.63) is 11.6 Å². The summed E-state index contributed by atoms with van der Waals surface area (Å²) in [7, 11) is 0. The van der Waals surface area contributed by atoms with Crippen LogP contribution in [0.1, 0.15) is 117 Å². The van der Waals surface area contributed by atoms with Gasteiger partial charge in [-0.3, -0.25) is 4.79 Å². The number of esters is 1. The SMILES string of the molecule is CCCCCCCCCCCCCC=C1CC[C@H](CC)[C@H](O)[C@@H]1SCC(=O)OCC. The van der Waals surface area contributed by atoms with Crippen molar-refractivity contribution in [3.63, 3.8) is 0 Å². The molecule has 0 aromatic carbocycles. The molecule has 0 aliphatic heterocycles. The van der Waals surface area contributed by atoms with Crippen molar-refractivity contribution in [1.82, 2.24) is 0 Å². The zero-order valence-electron chi connectivity index (χ0n) is 20.0. The highest BCUT2D eigenvalue weighted by Crippen LogP contribution is 2.38. The molecule has 176 valence electrons. The largest absolute Gasteiger partial charge is 0.465 e. The average molecular weight is 441 g/mol. The minimum Gasteiger partial charge on any atom is -0.465 e. The van der Waals surface area contributed by atoms with Gasteiger partial charge in [0, 0.05) is 0 Å². The van der Waals surface area contributed by atoms with E-state index in [0.29, 0.717) is 18.3 Å². The van der Waals surface area contributed by atoms with Crippen LogP contribution in [0.25, 0.3) is 0 Å². The summed E-state index contributed by atoms with van der Waals surface area (Å²) >= 11 is 1.57. The van der Waals surface area contributed by atoms with Crippen LogP contribution in [0.15, 0.2) is 11.6 Å². The van der Waals surface area contributed by atoms with E-state index >= 15 is 0 Å². The Morgan fingerprint density at radius 2 is 1.60 bits per heavy atom. The van der Waals surface area contributed by atoms with Gasteiger partial charge < -0.3 is 9.84 Å². The number of carbonyl (C=O) groups excluding carboxylic acids is 1. The monoisotopic (exact) mass is 440 g/mol. The molecule has 0 saturated heterocycles. The number of thioether (sulfide) groups is 1. The normalized spacial score (nSPS) is 23.1. The summed E-state index contributed by atoms with van der Waals surface area (Å²) in [6.45, 7) is 6.69. The number of aliphatic hydroxyl groups is 1. The lowest BCUT2D eigenvalue weighted by Crippen LogP contribution is -2.37. The van der Waals surface area contributed by atoms with Gasteiger partial charge in [-0.05, 0) is 38.5 Å². The second-order valence-corrected chi connectivity index (χ2v) is 9.97. The molecule has 0 aromatic rings. The van der Waals surface area contributed by atoms with Crippen molar-refractivity contribution in [1.29, 1.82) is 0 Å². The van der Waals surface area contributed by atoms with E-state index in [1.165, 1.54) is 76.2 Å². The lowest BCUT2D eigenvalue weighted by Gasteiger charge is -2.36. The summed E-state index contributed by atoms with van der Waals surface area (Å²) in [4.78, 5) is 11.8. The smallest absolute Gasteiger partial charge is 0.315 e. The Labute approximate surface area is 190 Å². The summed E-state index contributed by atoms with van der Waals surface area (Å²) in [5.41, 5.74) is 1.36. The molecule has 0 bridgehead atoms. The van der Waals surface area contributed by atoms with E-state index < -0.39 is 0 Å². The molecule has 3 atom stereocenters. The Bertz CT molecular complexity index is 463. The van der Waals surface area contributed by atoms with Gasteiger partial charge >= 0.3 is 5.97 Å². The predicted octanol–water partition coefficient (Wildman–Crippen LogP) is 7.46. The van der Waals surface area contributed by atoms with Crippen LogP contribution in [0.3, 0.4) is 0 Å². The fourth-order valence-corrected chi connectivity index (χ4v) is 5.70. The van der Waals surface area contributed by atoms with Gasteiger partial charge in [0.25, 0.3) is 0 Å². The van der Waals surface area contributed by atoms with Gasteiger partial charge in [0.1, 0.15) is 0 Å². The van der Waals surface area contributed by atoms with Crippen LogP contribution in [0.4, 0.5) is 0 Å². The molecular weight excluding hydrogens is 392 g/mol. The van der Waals surface area contributed by atoms with Gasteiger partial charge in [0.15, 0.2) is 0 Å². The number of rotatable bonds is 17. The first-order chi connectivity index (χ1) is 14.6. The molecule has 0 unspecified atom stereocenters. The van der Waals surface area contributed by atoms with Gasteiger partial charge in [-0.1, -0.05) is 96.1 Å². The Morgan fingerprint density at radius 3 is 2.17 bits per heavy atom. The van der Waals surface area contributed by atoms with Crippen LogP contribution >= 0.6 is 11.8 Å². The number of aliphatic hydroxyl groups excluding tert-OH is 1. The van der Waals surface area contributed by atoms with E-state index in [0.717, 1.165) is 25.7 Å². The van der Waals surface area contributed by atoms with Crippen molar-refractivity contribution >= 4 is 17.7 Å². The quantitative estimate of drug-likeness (QED) is 0.145. The molecule has 1 saturated carbocycles. The van der Waals surface area contributed by atoms with Gasteiger partial charge in [-0.25, -0.2) is 0 Å². The van der Waals surface area contributed by atoms with Crippen LogP contribution in [0.2, 0.25) is 0 Å². The molecule has 1 fully saturated rings. The number of allylic oxidation sites excluding steroid dienone is 1. The molecule has 4 heteroatoms. The third-order valence-electron chi connectivity index (χ3n) is 6.39. The summed E-state index contributed by atoms with van der Waals surface area (Å²) < 4.78 is 5.07. The third kappa shape index (κ3) is 11.8. The minimum atomic E-state index is -0.341. The van der Waals surface area contributed by atoms with E-state index in [9.17, 15) is 9.90 Å². The Kier molecular flexibility index (Phi) is 16.6. The maximum absolute atomic E-state index is 11.8. The Balaban J connectivity index is 2.27. The highest BCUT2D eigenvalue weighted by atomic mass is 32.2. The van der Waals surface area contributed by atoms with Gasteiger partial charge in [-0.15, -0.1) is 11.8 Å². The average Bonchev–Trinajstić information content (AvgIpc) is 2.74. The standard InChI is InChI=1S/C26H48O3S/c1-4-7-8-9-10-11-12-13-14-15-16-17-18-23-20-19-22(5-2)25(28)26(23)30-21-24(27)29-6-3/h18,22,25-26,28H,4-17,19-21H2,1-3H3/t22-,25-,26+/m0/s1. The van der Waals surface area contributed by atoms with Crippen LogP contribution in [0.5, 0.6) is 0 Å². The molecule has 0 radical (unpaired) electrons. The second-order valence-electron chi connectivity index (χ2n) is 8.84. The molecular formula is C26H48O3S. The zero-order chi connectivity index (χ0) is 22.0. The molecule has 0 aromatic heterocycles. The molecule has 0 heterocycles. The molecule has 0 amide bonds. The van der Waals surface area contributed by atoms with Crippen molar-refractivity contribution in [2.45, 2.75) is 128 Å². The lowest BCUT2D eigenvalue weighted by atomic mass is 9.81. The number of ether oxygens (including phenoxy) is 1. The fraction of sp³-hybridized carbons (Fsp3) is 0.885. The molecule has 3 nitrogen and oxygen atoms in total. The van der Waals surface area contributed by atoms with Crippen molar-refractivity contribution in [3.8, 4) is 0 Å². The maximum atomic E-state index is 11.8. The van der Waals surface area contributed by atoms with E-state index in [1.54, 1.807) is 11.8 Å². The fourth-order valence-electron chi connectivity index (χ4n) is 4.46. The summed E-state index contributed by atoms with van der Waals surface area (Å²) in [5, 5.41) is 10.9. The number of carbonyl (C=O) groups is 1. The molecule has 0 spiro atoms. The zero-order valence-corrected chi connectivity index (χ0v) is 20.8. The Hall–Kier alpha value is -0.480. The summed E-state index contributed by atoms with van der Waals surface area (Å²) in [6.07, 6.45) is 21.3. The number of unbranched alkanes of at least 4 members (excludes halogenated alkanes) is 11. The number of hydrogen-bond donors (Lipinski definition) is 1. The van der Waals surface area contributed by atoms with E-state index in [-0.39, 0.29) is 17.3 Å². The first-order valence-corrected chi connectivity index (χ1v) is 13.8. The van der Waals surface area contributed by atoms with Crippen LogP contribution in [-0.2, 0) is 9.53 Å². The molecule has 1 aliphatic rings. The van der Waals surface area contributed by atoms with Gasteiger partial charge in [0.2, 0.25) is 0 Å². The highest BCUT2D eigenvalue weighted by molar-refractivity contribution is 8.00. The molecule has 30 heavy (non-hydrogen) atoms. The topological polar surface area (TPSA) is 46.5 Å². The van der Waals surface area contributed by atoms with Crippen LogP contribution < -0.4 is 0 Å². The van der Waals surface area contributed by atoms with Crippen molar-refractivity contribution in [2.75, 3.05) is 12.4 Å². The van der Waals surface area contributed by atoms with Gasteiger partial charge in [-0.2, -0.15) is 0 Å². The first kappa shape index (κ1) is 27.6. The minimum absolute atomic E-state index is 0.0563. The van der Waals surface area contributed by atoms with Crippen molar-refractivity contribution in [2.24, 2.45) is 5.92 Å². The first-order valence-electron chi connectivity index (χ1n) is 12.8. The highest BCUT2D eigenvalue weighted by Gasteiger charge is 2.34. The number of hydrogen-bond acceptors (Lipinski definition) is 4. The van der Waals surface area contributed by atoms with E-state index in [4.69, 9.17) is 4.74 Å². The van der Waals surface area contributed by atoms with Crippen molar-refractivity contribution < 1.29 is 14.6 Å². The maximum Gasteiger partial charge on any atom is 0.315 e. The summed E-state index contributed by atoms with van der Waals surface area (Å²) in [5.74, 6) is 0.517. The van der Waals surface area contributed by atoms with Gasteiger partial charge in [0.05, 0.1) is 23.7 Å². The van der Waals surface area contributed by atoms with Crippen LogP contribution in [0, 0.1) is 5.92 Å². The lowest BCUT2D eigenvalue weighted by molar-refractivity contribution is -0.139. The molecule has 1 N–H and O–H groups in total. The second kappa shape index (κ2) is 18.1. The third-order valence-corrected chi connectivity index (χ3v) is 7.73. The van der Waals surface area contributed by atoms with E-state index in [1.807, 2.05) is 6.92 Å². The Morgan fingerprint density at radius 1 is 1.00 bits per heavy atom. The van der Waals surface area contributed by atoms with Crippen LogP contribution in [-0.4, -0.2) is 34.8 Å². The van der Waals surface area contributed by atoms with E-state index in [2.05, 4.69) is 19.9 Å².